The summed E-state index contributed by atoms with van der Waals surface area (Å²) in [7, 11) is 0. The van der Waals surface area contributed by atoms with E-state index in [1.165, 1.54) is 5.56 Å². The average molecular weight is 431 g/mol. The molecule has 1 aliphatic heterocycles. The summed E-state index contributed by atoms with van der Waals surface area (Å²) in [6.45, 7) is 4.65. The van der Waals surface area contributed by atoms with E-state index in [-0.39, 0.29) is 20.6 Å². The maximum absolute atomic E-state index is 13.4. The van der Waals surface area contributed by atoms with Gasteiger partial charge < -0.3 is 14.6 Å². The molecule has 4 heteroatoms. The van der Waals surface area contributed by atoms with Crippen LogP contribution >= 0.6 is 0 Å². The van der Waals surface area contributed by atoms with Crippen molar-refractivity contribution >= 4 is 5.78 Å². The summed E-state index contributed by atoms with van der Waals surface area (Å²) in [6.07, 6.45) is 2.17. The maximum atomic E-state index is 13.4. The van der Waals surface area contributed by atoms with Crippen molar-refractivity contribution in [1.82, 2.24) is 0 Å². The number of carbonyl (C=O) groups excluding carboxylic acids is 1. The van der Waals surface area contributed by atoms with Crippen LogP contribution in [0.2, 0.25) is 0 Å². The van der Waals surface area contributed by atoms with E-state index in [2.05, 4.69) is 32.0 Å². The predicted octanol–water partition coefficient (Wildman–Crippen LogP) is 5.79. The highest BCUT2D eigenvalue weighted by Gasteiger charge is 2.50. The molecule has 0 atom stereocenters. The first-order valence-corrected chi connectivity index (χ1v) is 11.3. The second kappa shape index (κ2) is 8.10. The molecule has 1 N–H and O–H groups in total. The van der Waals surface area contributed by atoms with E-state index in [0.29, 0.717) is 12.3 Å². The number of hydrogen-bond donors (Lipinski definition) is 1. The molecule has 0 spiro atoms. The van der Waals surface area contributed by atoms with Crippen molar-refractivity contribution in [2.24, 2.45) is 0 Å². The van der Waals surface area contributed by atoms with E-state index in [0.717, 1.165) is 52.2 Å². The molecule has 166 valence electrons. The van der Waals surface area contributed by atoms with Gasteiger partial charge >= 0.3 is 0 Å². The van der Waals surface area contributed by atoms with Gasteiger partial charge in [0.2, 0.25) is 6.79 Å². The normalized spacial score (nSPS) is 15.8. The lowest BCUT2D eigenvalue weighted by Crippen LogP contribution is -2.22. The van der Waals surface area contributed by atoms with E-state index in [9.17, 15) is 9.90 Å². The molecule has 1 heterocycles. The van der Waals surface area contributed by atoms with Crippen molar-refractivity contribution in [2.75, 3.05) is 6.79 Å². The van der Waals surface area contributed by atoms with Gasteiger partial charge in [-0.1, -0.05) is 62.4 Å². The molecule has 3 aromatic rings. The number of aliphatic hydroxyl groups excluding tert-OH is 1. The highest BCUT2D eigenvalue weighted by atomic mass is 16.7. The molecule has 0 radical (unpaired) electrons. The van der Waals surface area contributed by atoms with Crippen molar-refractivity contribution in [3.8, 4) is 22.6 Å². The third-order valence-corrected chi connectivity index (χ3v) is 6.76. The van der Waals surface area contributed by atoms with Crippen LogP contribution in [0.1, 0.15) is 56.3 Å². The van der Waals surface area contributed by atoms with Crippen LogP contribution < -0.4 is 9.47 Å². The van der Waals surface area contributed by atoms with Crippen LogP contribution in [-0.2, 0) is 23.2 Å². The van der Waals surface area contributed by atoms with Crippen molar-refractivity contribution in [2.45, 2.75) is 51.0 Å². The van der Waals surface area contributed by atoms with Gasteiger partial charge in [0.15, 0.2) is 11.5 Å². The molecule has 0 aromatic heterocycles. The lowest BCUT2D eigenvalue weighted by molar-refractivity contribution is -0.120. The Kier molecular flexibility index (Phi) is 5.26. The van der Waals surface area contributed by atoms with Gasteiger partial charge in [-0.3, -0.25) is 4.79 Å². The number of carbonyl (C=O) groups is 1. The molecule has 1 fully saturated rings. The van der Waals surface area contributed by atoms with Crippen LogP contribution in [0, 0.1) is 0 Å². The Bertz CT molecular complexity index is 1160. The average Bonchev–Trinajstić information content (AvgIpc) is 3.50. The molecule has 0 saturated heterocycles. The summed E-state index contributed by atoms with van der Waals surface area (Å²) in [5.41, 5.74) is 6.08. The van der Waals surface area contributed by atoms with Crippen molar-refractivity contribution < 1.29 is 20.8 Å². The zero-order valence-electron chi connectivity index (χ0n) is 18.6. The highest BCUT2D eigenvalue weighted by Crippen LogP contribution is 2.51. The smallest absolute Gasteiger partial charge is 0.231 e. The summed E-state index contributed by atoms with van der Waals surface area (Å²) in [5.74, 6) is 2.11. The quantitative estimate of drug-likeness (QED) is 0.516. The molecule has 0 unspecified atom stereocenters. The van der Waals surface area contributed by atoms with Gasteiger partial charge in [0.05, 0.1) is 12.0 Å². The molecule has 0 bridgehead atoms. The fourth-order valence-corrected chi connectivity index (χ4v) is 4.66. The first-order chi connectivity index (χ1) is 15.5. The SMILES string of the molecule is CC(C)c1ccc(CC(=O)C2(c3ccc4c(c3)OCO4)CC2)cc1-c1ccc(CO)cc1.[HH]. The first-order valence-electron chi connectivity index (χ1n) is 11.3. The van der Waals surface area contributed by atoms with Crippen molar-refractivity contribution in [1.29, 1.82) is 0 Å². The first kappa shape index (κ1) is 20.8. The molecule has 4 nitrogen and oxygen atoms in total. The van der Waals surface area contributed by atoms with E-state index >= 15 is 0 Å². The topological polar surface area (TPSA) is 55.8 Å². The van der Waals surface area contributed by atoms with Gasteiger partial charge in [-0.25, -0.2) is 0 Å². The Morgan fingerprint density at radius 3 is 2.38 bits per heavy atom. The molecule has 3 aromatic carbocycles. The second-order valence-corrected chi connectivity index (χ2v) is 9.18. The van der Waals surface area contributed by atoms with E-state index < -0.39 is 5.41 Å². The summed E-state index contributed by atoms with van der Waals surface area (Å²) in [5, 5.41) is 9.36. The number of benzene rings is 3. The number of ketones is 1. The standard InChI is InChI=1S/C28H28O4.H2/c1-18(2)23-9-5-20(13-24(23)21-6-3-19(16-29)4-7-21)14-27(30)28(11-12-28)22-8-10-25-26(15-22)32-17-31-25;/h3-10,13,15,18,29H,11-12,14,16-17H2,1-2H3;1H. The number of Topliss-reactive ketones (excluding diaryl/α,β-unsaturated/α-hetero) is 1. The molecular formula is C28H30O4. The van der Waals surface area contributed by atoms with E-state index in [1.54, 1.807) is 0 Å². The molecule has 2 aliphatic rings. The van der Waals surface area contributed by atoms with Gasteiger partial charge in [0.25, 0.3) is 0 Å². The zero-order chi connectivity index (χ0) is 22.3. The highest BCUT2D eigenvalue weighted by molar-refractivity contribution is 5.95. The molecular weight excluding hydrogens is 400 g/mol. The monoisotopic (exact) mass is 430 g/mol. The maximum Gasteiger partial charge on any atom is 0.231 e. The van der Waals surface area contributed by atoms with Crippen LogP contribution in [0.3, 0.4) is 0 Å². The zero-order valence-corrected chi connectivity index (χ0v) is 18.6. The third kappa shape index (κ3) is 3.69. The van der Waals surface area contributed by atoms with Crippen molar-refractivity contribution in [3.05, 3.63) is 82.9 Å². The minimum Gasteiger partial charge on any atom is -0.454 e. The molecule has 5 rings (SSSR count). The third-order valence-electron chi connectivity index (χ3n) is 6.76. The molecule has 0 amide bonds. The van der Waals surface area contributed by atoms with E-state index in [4.69, 9.17) is 9.47 Å². The Labute approximate surface area is 190 Å². The van der Waals surface area contributed by atoms with Gasteiger partial charge in [-0.05, 0) is 64.3 Å². The van der Waals surface area contributed by atoms with Gasteiger partial charge in [0.1, 0.15) is 5.78 Å². The number of hydrogen-bond acceptors (Lipinski definition) is 4. The summed E-state index contributed by atoms with van der Waals surface area (Å²) < 4.78 is 10.9. The van der Waals surface area contributed by atoms with Crippen LogP contribution in [0.25, 0.3) is 11.1 Å². The Morgan fingerprint density at radius 1 is 0.969 bits per heavy atom. The summed E-state index contributed by atoms with van der Waals surface area (Å²) in [6, 6.07) is 20.3. The van der Waals surface area contributed by atoms with Crippen LogP contribution in [-0.4, -0.2) is 17.7 Å². The van der Waals surface area contributed by atoms with Gasteiger partial charge in [-0.2, -0.15) is 0 Å². The van der Waals surface area contributed by atoms with E-state index in [1.807, 2.05) is 42.5 Å². The number of rotatable bonds is 7. The molecule has 1 aliphatic carbocycles. The second-order valence-electron chi connectivity index (χ2n) is 9.18. The van der Waals surface area contributed by atoms with Crippen molar-refractivity contribution in [3.63, 3.8) is 0 Å². The number of ether oxygens (including phenoxy) is 2. The summed E-state index contributed by atoms with van der Waals surface area (Å²) in [4.78, 5) is 13.4. The largest absolute Gasteiger partial charge is 0.454 e. The Hall–Kier alpha value is -3.11. The number of aliphatic hydroxyl groups is 1. The molecule has 1 saturated carbocycles. The summed E-state index contributed by atoms with van der Waals surface area (Å²) >= 11 is 0. The minimum atomic E-state index is -0.402. The molecule has 32 heavy (non-hydrogen) atoms. The Balaban J connectivity index is 0.00000259. The van der Waals surface area contributed by atoms with Gasteiger partial charge in [-0.15, -0.1) is 0 Å². The lowest BCUT2D eigenvalue weighted by Gasteiger charge is -2.18. The van der Waals surface area contributed by atoms with Crippen LogP contribution in [0.4, 0.5) is 0 Å². The Morgan fingerprint density at radius 2 is 1.69 bits per heavy atom. The fraction of sp³-hybridized carbons (Fsp3) is 0.321. The minimum absolute atomic E-state index is 0. The fourth-order valence-electron chi connectivity index (χ4n) is 4.66. The van der Waals surface area contributed by atoms with Crippen LogP contribution in [0.15, 0.2) is 60.7 Å². The van der Waals surface area contributed by atoms with Crippen LogP contribution in [0.5, 0.6) is 11.5 Å². The predicted molar refractivity (Wildman–Crippen MR) is 126 cm³/mol. The van der Waals surface area contributed by atoms with Gasteiger partial charge in [0, 0.05) is 7.85 Å². The number of fused-ring (bicyclic) bond motifs is 1. The lowest BCUT2D eigenvalue weighted by atomic mass is 9.85.